The van der Waals surface area contributed by atoms with Gasteiger partial charge in [-0.2, -0.15) is 23.1 Å². The van der Waals surface area contributed by atoms with Crippen LogP contribution in [0.25, 0.3) is 22.2 Å². The summed E-state index contributed by atoms with van der Waals surface area (Å²) >= 11 is 0. The van der Waals surface area contributed by atoms with Crippen LogP contribution in [0.4, 0.5) is 29.1 Å². The number of nitrogens with one attached hydrogen (secondary N) is 1. The molecule has 0 amide bonds. The molecule has 5 aliphatic heterocycles. The lowest BCUT2D eigenvalue weighted by atomic mass is 9.96. The summed E-state index contributed by atoms with van der Waals surface area (Å²) in [5.74, 6) is -0.605. The lowest BCUT2D eigenvalue weighted by Gasteiger charge is -2.42. The minimum Gasteiger partial charge on any atom is -0.472 e. The van der Waals surface area contributed by atoms with Crippen LogP contribution in [0.5, 0.6) is 11.9 Å². The Kier molecular flexibility index (Phi) is 6.77. The van der Waals surface area contributed by atoms with Crippen molar-refractivity contribution in [1.82, 2.24) is 25.2 Å². The molecular formula is C31H35F4N7O3. The normalized spacial score (nSPS) is 29.3. The Labute approximate surface area is 257 Å². The maximum absolute atomic E-state index is 16.7. The van der Waals surface area contributed by atoms with Crippen molar-refractivity contribution in [3.05, 3.63) is 29.1 Å². The molecule has 240 valence electrons. The van der Waals surface area contributed by atoms with Gasteiger partial charge >= 0.3 is 12.2 Å². The van der Waals surface area contributed by atoms with Gasteiger partial charge in [-0.25, -0.2) is 9.37 Å². The van der Waals surface area contributed by atoms with E-state index < -0.39 is 34.9 Å². The molecule has 2 bridgehead atoms. The zero-order valence-corrected chi connectivity index (χ0v) is 25.0. The van der Waals surface area contributed by atoms with Crippen molar-refractivity contribution in [2.75, 3.05) is 43.5 Å². The molecule has 0 aliphatic carbocycles. The summed E-state index contributed by atoms with van der Waals surface area (Å²) in [7, 11) is 0. The highest BCUT2D eigenvalue weighted by Crippen LogP contribution is 2.47. The number of nitrogens with two attached hydrogens (primary N) is 1. The van der Waals surface area contributed by atoms with Crippen molar-refractivity contribution in [2.24, 2.45) is 0 Å². The number of aromatic nitrogens is 3. The average Bonchev–Trinajstić information content (AvgIpc) is 3.55. The molecule has 0 radical (unpaired) electrons. The summed E-state index contributed by atoms with van der Waals surface area (Å²) in [4.78, 5) is 18.3. The van der Waals surface area contributed by atoms with Gasteiger partial charge in [-0.15, -0.1) is 0 Å². The number of pyridine rings is 1. The second kappa shape index (κ2) is 10.5. The number of halogens is 4. The Balaban J connectivity index is 1.29. The maximum Gasteiger partial charge on any atom is 0.417 e. The summed E-state index contributed by atoms with van der Waals surface area (Å²) in [6.07, 6.45) is -1.39. The highest BCUT2D eigenvalue weighted by Gasteiger charge is 2.47. The number of piperazine rings is 1. The number of alkyl halides is 3. The molecule has 45 heavy (non-hydrogen) atoms. The van der Waals surface area contributed by atoms with Crippen LogP contribution in [-0.2, 0) is 10.9 Å². The minimum absolute atomic E-state index is 0.0131. The summed E-state index contributed by atoms with van der Waals surface area (Å²) < 4.78 is 78.1. The molecule has 4 saturated heterocycles. The van der Waals surface area contributed by atoms with Crippen LogP contribution in [0, 0.1) is 12.7 Å². The van der Waals surface area contributed by atoms with E-state index in [0.717, 1.165) is 38.3 Å². The second-order valence-electron chi connectivity index (χ2n) is 12.9. The summed E-state index contributed by atoms with van der Waals surface area (Å²) in [5, 5.41) is 3.87. The Morgan fingerprint density at radius 1 is 1.13 bits per heavy atom. The van der Waals surface area contributed by atoms with Gasteiger partial charge in [0.15, 0.2) is 5.82 Å². The van der Waals surface area contributed by atoms with Gasteiger partial charge in [0, 0.05) is 48.5 Å². The molecule has 0 spiro atoms. The molecule has 6 atom stereocenters. The van der Waals surface area contributed by atoms with E-state index in [4.69, 9.17) is 24.9 Å². The van der Waals surface area contributed by atoms with Crippen molar-refractivity contribution >= 4 is 22.4 Å². The standard InChI is InChI=1S/C31H35F4N7O3/c1-14-9-16(36)10-20(23(14)31(33,34)35)25-24(32)26-22-28(40-30(39-26)44-13-19-5-4-18-12-43-8-7-41(18)19)42-11-17-3-6-21(37-17)27(42)15(2)45-29(22)38-25/h9-10,15,17-19,21,27,37H,3-8,11-13,36H2,1-2H3/t15-,17+,18-,19-,21-,27?/m0/s1. The summed E-state index contributed by atoms with van der Waals surface area (Å²) in [6.45, 7) is 6.24. The molecule has 3 aromatic rings. The average molecular weight is 630 g/mol. The van der Waals surface area contributed by atoms with Crippen LogP contribution < -0.4 is 25.4 Å². The van der Waals surface area contributed by atoms with Gasteiger partial charge in [0.1, 0.15) is 35.1 Å². The quantitative estimate of drug-likeness (QED) is 0.324. The third-order valence-corrected chi connectivity index (χ3v) is 10.1. The summed E-state index contributed by atoms with van der Waals surface area (Å²) in [5.41, 5.74) is 3.70. The molecule has 1 aromatic carbocycles. The minimum atomic E-state index is -4.78. The third-order valence-electron chi connectivity index (χ3n) is 10.1. The van der Waals surface area contributed by atoms with Gasteiger partial charge < -0.3 is 30.2 Å². The monoisotopic (exact) mass is 629 g/mol. The van der Waals surface area contributed by atoms with Gasteiger partial charge in [-0.1, -0.05) is 0 Å². The van der Waals surface area contributed by atoms with Gasteiger partial charge in [-0.05, 0) is 57.2 Å². The first kappa shape index (κ1) is 28.9. The zero-order valence-electron chi connectivity index (χ0n) is 25.0. The Bertz CT molecular complexity index is 1670. The number of fused-ring (bicyclic) bond motifs is 6. The first-order valence-corrected chi connectivity index (χ1v) is 15.6. The number of hydrogen-bond acceptors (Lipinski definition) is 10. The number of hydrogen-bond donors (Lipinski definition) is 2. The number of benzene rings is 1. The zero-order chi connectivity index (χ0) is 31.2. The number of aryl methyl sites for hydroxylation is 1. The molecule has 8 rings (SSSR count). The number of morpholine rings is 1. The highest BCUT2D eigenvalue weighted by molar-refractivity contribution is 5.97. The van der Waals surface area contributed by atoms with E-state index >= 15 is 4.39 Å². The molecular weight excluding hydrogens is 594 g/mol. The largest absolute Gasteiger partial charge is 0.472 e. The SMILES string of the molecule is Cc1cc(N)cc(-c2nc3c4c(nc(OC[C@@H]5CC[C@H]6COCCN65)nc4c2F)N2C[C@H]4CC[C@H](N4)C2[C@H](C)O3)c1C(F)(F)F. The lowest BCUT2D eigenvalue weighted by molar-refractivity contribution is -0.137. The highest BCUT2D eigenvalue weighted by atomic mass is 19.4. The van der Waals surface area contributed by atoms with Crippen molar-refractivity contribution in [3.8, 4) is 23.1 Å². The van der Waals surface area contributed by atoms with Crippen molar-refractivity contribution in [2.45, 2.75) is 82.0 Å². The van der Waals surface area contributed by atoms with Crippen LogP contribution in [0.15, 0.2) is 12.1 Å². The topological polar surface area (TPSA) is 111 Å². The van der Waals surface area contributed by atoms with Gasteiger partial charge in [0.2, 0.25) is 5.88 Å². The molecule has 4 fully saturated rings. The first-order chi connectivity index (χ1) is 21.6. The molecule has 5 aliphatic rings. The number of anilines is 2. The van der Waals surface area contributed by atoms with E-state index in [1.807, 2.05) is 6.92 Å². The number of ether oxygens (including phenoxy) is 3. The van der Waals surface area contributed by atoms with Crippen LogP contribution in [0.3, 0.4) is 0 Å². The van der Waals surface area contributed by atoms with Gasteiger partial charge in [0.05, 0.1) is 24.8 Å². The fraction of sp³-hybridized carbons (Fsp3) is 0.581. The van der Waals surface area contributed by atoms with Gasteiger partial charge in [0.25, 0.3) is 0 Å². The van der Waals surface area contributed by atoms with Crippen molar-refractivity contribution < 1.29 is 31.8 Å². The van der Waals surface area contributed by atoms with E-state index in [9.17, 15) is 13.2 Å². The summed E-state index contributed by atoms with van der Waals surface area (Å²) in [6, 6.07) is 2.89. The van der Waals surface area contributed by atoms with Crippen molar-refractivity contribution in [3.63, 3.8) is 0 Å². The molecule has 2 aromatic heterocycles. The Morgan fingerprint density at radius 3 is 2.80 bits per heavy atom. The molecule has 14 heteroatoms. The molecule has 1 unspecified atom stereocenters. The van der Waals surface area contributed by atoms with E-state index in [1.165, 1.54) is 13.0 Å². The molecule has 3 N–H and O–H groups in total. The molecule has 0 saturated carbocycles. The Hall–Kier alpha value is -3.49. The van der Waals surface area contributed by atoms with Crippen LogP contribution in [0.2, 0.25) is 0 Å². The second-order valence-corrected chi connectivity index (χ2v) is 12.9. The number of rotatable bonds is 4. The van der Waals surface area contributed by atoms with Crippen LogP contribution in [-0.4, -0.2) is 89.1 Å². The van der Waals surface area contributed by atoms with E-state index in [1.54, 1.807) is 0 Å². The number of nitrogens with zero attached hydrogens (tertiary/aromatic N) is 5. The van der Waals surface area contributed by atoms with E-state index in [2.05, 4.69) is 25.1 Å². The smallest absolute Gasteiger partial charge is 0.417 e. The maximum atomic E-state index is 16.7. The predicted molar refractivity (Wildman–Crippen MR) is 158 cm³/mol. The van der Waals surface area contributed by atoms with Gasteiger partial charge in [-0.3, -0.25) is 4.90 Å². The number of nitrogen functional groups attached to an aromatic ring is 1. The Morgan fingerprint density at radius 2 is 1.98 bits per heavy atom. The predicted octanol–water partition coefficient (Wildman–Crippen LogP) is 4.07. The molecule has 10 nitrogen and oxygen atoms in total. The first-order valence-electron chi connectivity index (χ1n) is 15.6. The third kappa shape index (κ3) is 4.75. The van der Waals surface area contributed by atoms with Crippen molar-refractivity contribution in [1.29, 1.82) is 0 Å². The molecule has 7 heterocycles. The fourth-order valence-corrected chi connectivity index (χ4v) is 8.21. The van der Waals surface area contributed by atoms with E-state index in [0.29, 0.717) is 38.2 Å². The van der Waals surface area contributed by atoms with Crippen LogP contribution >= 0.6 is 0 Å². The van der Waals surface area contributed by atoms with Crippen LogP contribution in [0.1, 0.15) is 43.7 Å². The van der Waals surface area contributed by atoms with E-state index in [-0.39, 0.29) is 58.2 Å². The fourth-order valence-electron chi connectivity index (χ4n) is 8.21. The lowest BCUT2D eigenvalue weighted by Crippen LogP contribution is -2.62.